The van der Waals surface area contributed by atoms with Gasteiger partial charge in [0.1, 0.15) is 0 Å². The maximum atomic E-state index is 11.6. The van der Waals surface area contributed by atoms with Crippen LogP contribution in [0.5, 0.6) is 0 Å². The fourth-order valence-corrected chi connectivity index (χ4v) is 4.01. The summed E-state index contributed by atoms with van der Waals surface area (Å²) in [5, 5.41) is 14.8. The van der Waals surface area contributed by atoms with Gasteiger partial charge in [-0.3, -0.25) is 4.68 Å². The number of nitrogens with zero attached hydrogens (tertiary/aromatic N) is 3. The highest BCUT2D eigenvalue weighted by atomic mass is 32.2. The molecular formula is C14H25N3O3S. The first kappa shape index (κ1) is 16.5. The molecule has 0 amide bonds. The van der Waals surface area contributed by atoms with E-state index in [9.17, 15) is 13.5 Å². The summed E-state index contributed by atoms with van der Waals surface area (Å²) in [5.41, 5.74) is 1.79. The lowest BCUT2D eigenvalue weighted by molar-refractivity contribution is 0.122. The third kappa shape index (κ3) is 4.05. The molecule has 2 heterocycles. The van der Waals surface area contributed by atoms with Crippen molar-refractivity contribution in [3.63, 3.8) is 0 Å². The van der Waals surface area contributed by atoms with Gasteiger partial charge in [-0.15, -0.1) is 0 Å². The normalized spacial score (nSPS) is 22.4. The van der Waals surface area contributed by atoms with Crippen molar-refractivity contribution in [2.75, 3.05) is 19.3 Å². The Kier molecular flexibility index (Phi) is 5.06. The minimum absolute atomic E-state index is 0.202. The highest BCUT2D eigenvalue weighted by molar-refractivity contribution is 7.88. The second-order valence-electron chi connectivity index (χ2n) is 5.94. The molecule has 0 aliphatic carbocycles. The van der Waals surface area contributed by atoms with Gasteiger partial charge in [0.05, 0.1) is 18.1 Å². The van der Waals surface area contributed by atoms with Crippen molar-refractivity contribution < 1.29 is 13.5 Å². The number of aryl methyl sites for hydroxylation is 2. The Labute approximate surface area is 126 Å². The molecule has 0 spiro atoms. The molecule has 1 fully saturated rings. The van der Waals surface area contributed by atoms with E-state index in [-0.39, 0.29) is 5.92 Å². The van der Waals surface area contributed by atoms with E-state index in [1.807, 2.05) is 20.2 Å². The van der Waals surface area contributed by atoms with Gasteiger partial charge in [-0.25, -0.2) is 12.7 Å². The van der Waals surface area contributed by atoms with E-state index in [0.29, 0.717) is 19.5 Å². The number of hydrogen-bond donors (Lipinski definition) is 1. The third-order valence-electron chi connectivity index (χ3n) is 4.14. The lowest BCUT2D eigenvalue weighted by Gasteiger charge is -2.32. The lowest BCUT2D eigenvalue weighted by Crippen LogP contribution is -2.39. The highest BCUT2D eigenvalue weighted by Crippen LogP contribution is 2.29. The van der Waals surface area contributed by atoms with Crippen molar-refractivity contribution in [1.82, 2.24) is 14.1 Å². The molecule has 120 valence electrons. The monoisotopic (exact) mass is 315 g/mol. The molecule has 2 atom stereocenters. The molecule has 0 aromatic carbocycles. The number of aliphatic hydroxyl groups excluding tert-OH is 1. The van der Waals surface area contributed by atoms with Crippen LogP contribution in [0.15, 0.2) is 6.20 Å². The summed E-state index contributed by atoms with van der Waals surface area (Å²) in [7, 11) is -1.28. The number of piperidine rings is 1. The lowest BCUT2D eigenvalue weighted by atomic mass is 9.91. The summed E-state index contributed by atoms with van der Waals surface area (Å²) in [5.74, 6) is 0.202. The second kappa shape index (κ2) is 6.46. The van der Waals surface area contributed by atoms with Gasteiger partial charge in [0, 0.05) is 31.9 Å². The van der Waals surface area contributed by atoms with Crippen molar-refractivity contribution in [2.45, 2.75) is 38.7 Å². The summed E-state index contributed by atoms with van der Waals surface area (Å²) in [4.78, 5) is 0. The van der Waals surface area contributed by atoms with Gasteiger partial charge in [0.2, 0.25) is 10.0 Å². The summed E-state index contributed by atoms with van der Waals surface area (Å²) in [6.07, 6.45) is 5.74. The molecule has 0 saturated carbocycles. The quantitative estimate of drug-likeness (QED) is 0.882. The fraction of sp³-hybridized carbons (Fsp3) is 0.786. The summed E-state index contributed by atoms with van der Waals surface area (Å²) < 4.78 is 26.5. The van der Waals surface area contributed by atoms with Crippen molar-refractivity contribution in [3.8, 4) is 0 Å². The van der Waals surface area contributed by atoms with Crippen molar-refractivity contribution in [2.24, 2.45) is 13.0 Å². The standard InChI is InChI=1S/C14H25N3O3S/c1-4-13-12(10-16(2)15-13)14(18)8-11-6-5-7-17(9-11)21(3,19)20/h10-11,14,18H,4-9H2,1-3H3. The Bertz CT molecular complexity index is 582. The molecule has 2 rings (SSSR count). The average molecular weight is 315 g/mol. The minimum Gasteiger partial charge on any atom is -0.388 e. The molecule has 21 heavy (non-hydrogen) atoms. The Morgan fingerprint density at radius 2 is 2.24 bits per heavy atom. The molecule has 0 bridgehead atoms. The fourth-order valence-electron chi connectivity index (χ4n) is 3.07. The first-order valence-corrected chi connectivity index (χ1v) is 9.31. The molecule has 1 aliphatic rings. The Morgan fingerprint density at radius 3 is 2.86 bits per heavy atom. The summed E-state index contributed by atoms with van der Waals surface area (Å²) in [6.45, 7) is 3.13. The first-order chi connectivity index (χ1) is 9.81. The molecule has 1 saturated heterocycles. The molecule has 1 aliphatic heterocycles. The van der Waals surface area contributed by atoms with Crippen LogP contribution in [0.1, 0.15) is 43.5 Å². The number of rotatable bonds is 5. The maximum absolute atomic E-state index is 11.6. The SMILES string of the molecule is CCc1nn(C)cc1C(O)CC1CCCN(S(C)(=O)=O)C1. The van der Waals surface area contributed by atoms with E-state index in [1.54, 1.807) is 4.68 Å². The van der Waals surface area contributed by atoms with Gasteiger partial charge in [-0.1, -0.05) is 6.92 Å². The van der Waals surface area contributed by atoms with Crippen LogP contribution in [0.2, 0.25) is 0 Å². The van der Waals surface area contributed by atoms with Crippen LogP contribution >= 0.6 is 0 Å². The zero-order chi connectivity index (χ0) is 15.6. The number of sulfonamides is 1. The van der Waals surface area contributed by atoms with Crippen molar-refractivity contribution in [3.05, 3.63) is 17.5 Å². The van der Waals surface area contributed by atoms with Crippen molar-refractivity contribution in [1.29, 1.82) is 0 Å². The van der Waals surface area contributed by atoms with Gasteiger partial charge in [0.25, 0.3) is 0 Å². The van der Waals surface area contributed by atoms with E-state index < -0.39 is 16.1 Å². The largest absolute Gasteiger partial charge is 0.388 e. The van der Waals surface area contributed by atoms with E-state index in [0.717, 1.165) is 30.5 Å². The molecule has 1 N–H and O–H groups in total. The first-order valence-electron chi connectivity index (χ1n) is 7.46. The Balaban J connectivity index is 2.03. The minimum atomic E-state index is -3.13. The van der Waals surface area contributed by atoms with Gasteiger partial charge in [0.15, 0.2) is 0 Å². The zero-order valence-electron chi connectivity index (χ0n) is 13.0. The van der Waals surface area contributed by atoms with Gasteiger partial charge >= 0.3 is 0 Å². The molecule has 1 aromatic rings. The predicted molar refractivity (Wildman–Crippen MR) is 81.3 cm³/mol. The van der Waals surface area contributed by atoms with E-state index in [4.69, 9.17) is 0 Å². The van der Waals surface area contributed by atoms with E-state index in [1.165, 1.54) is 10.6 Å². The second-order valence-corrected chi connectivity index (χ2v) is 7.92. The van der Waals surface area contributed by atoms with Gasteiger partial charge in [-0.05, 0) is 31.6 Å². The third-order valence-corrected chi connectivity index (χ3v) is 5.41. The number of aliphatic hydroxyl groups is 1. The predicted octanol–water partition coefficient (Wildman–Crippen LogP) is 1.08. The van der Waals surface area contributed by atoms with Crippen LogP contribution in [0.4, 0.5) is 0 Å². The molecule has 7 heteroatoms. The molecule has 1 aromatic heterocycles. The van der Waals surface area contributed by atoms with Crippen LogP contribution in [0.25, 0.3) is 0 Å². The van der Waals surface area contributed by atoms with Crippen molar-refractivity contribution >= 4 is 10.0 Å². The van der Waals surface area contributed by atoms with Crippen LogP contribution in [-0.2, 0) is 23.5 Å². The zero-order valence-corrected chi connectivity index (χ0v) is 13.8. The highest BCUT2D eigenvalue weighted by Gasteiger charge is 2.28. The molecule has 2 unspecified atom stereocenters. The summed E-state index contributed by atoms with van der Waals surface area (Å²) >= 11 is 0. The van der Waals surface area contributed by atoms with Gasteiger partial charge < -0.3 is 5.11 Å². The van der Waals surface area contributed by atoms with Crippen LogP contribution < -0.4 is 0 Å². The van der Waals surface area contributed by atoms with Crippen LogP contribution in [0.3, 0.4) is 0 Å². The Morgan fingerprint density at radius 1 is 1.52 bits per heavy atom. The molecular weight excluding hydrogens is 290 g/mol. The number of aromatic nitrogens is 2. The molecule has 6 nitrogen and oxygen atoms in total. The smallest absolute Gasteiger partial charge is 0.211 e. The average Bonchev–Trinajstić information content (AvgIpc) is 2.79. The van der Waals surface area contributed by atoms with E-state index in [2.05, 4.69) is 5.10 Å². The summed E-state index contributed by atoms with van der Waals surface area (Å²) in [6, 6.07) is 0. The van der Waals surface area contributed by atoms with Crippen LogP contribution in [-0.4, -0.2) is 47.0 Å². The number of hydrogen-bond acceptors (Lipinski definition) is 4. The topological polar surface area (TPSA) is 75.4 Å². The maximum Gasteiger partial charge on any atom is 0.211 e. The Hall–Kier alpha value is -0.920. The van der Waals surface area contributed by atoms with Crippen LogP contribution in [0, 0.1) is 5.92 Å². The molecule has 0 radical (unpaired) electrons. The van der Waals surface area contributed by atoms with E-state index >= 15 is 0 Å². The van der Waals surface area contributed by atoms with Gasteiger partial charge in [-0.2, -0.15) is 5.10 Å².